The fraction of sp³-hybridized carbons (Fsp3) is 0.105. The summed E-state index contributed by atoms with van der Waals surface area (Å²) in [5, 5.41) is 5.23. The minimum atomic E-state index is 0.752. The Morgan fingerprint density at radius 1 is 1.00 bits per heavy atom. The van der Waals surface area contributed by atoms with E-state index < -0.39 is 0 Å². The molecule has 4 nitrogen and oxygen atoms in total. The Morgan fingerprint density at radius 3 is 2.70 bits per heavy atom. The number of allylic oxidation sites excluding steroid dienone is 1. The number of hydrogen-bond acceptors (Lipinski definition) is 4. The van der Waals surface area contributed by atoms with Crippen LogP contribution in [0.4, 0.5) is 11.5 Å². The molecule has 1 aliphatic rings. The molecule has 23 heavy (non-hydrogen) atoms. The lowest BCUT2D eigenvalue weighted by Crippen LogP contribution is -2.11. The van der Waals surface area contributed by atoms with Crippen LogP contribution in [-0.2, 0) is 6.42 Å². The number of nitrogens with zero attached hydrogens (tertiary/aromatic N) is 1. The summed E-state index contributed by atoms with van der Waals surface area (Å²) in [5.41, 5.74) is 8.88. The van der Waals surface area contributed by atoms with E-state index in [0.29, 0.717) is 0 Å². The second-order valence-corrected chi connectivity index (χ2v) is 5.67. The van der Waals surface area contributed by atoms with Crippen LogP contribution in [0.15, 0.2) is 60.9 Å². The number of aromatic nitrogens is 1. The SMILES string of the molecule is C=C1CCc2c(Oc3ccc(N)c4ccccc34)ccnc2N1. The summed E-state index contributed by atoms with van der Waals surface area (Å²) >= 11 is 0. The minimum Gasteiger partial charge on any atom is -0.456 e. The van der Waals surface area contributed by atoms with Gasteiger partial charge in [-0.1, -0.05) is 30.8 Å². The van der Waals surface area contributed by atoms with E-state index in [1.54, 1.807) is 6.20 Å². The summed E-state index contributed by atoms with van der Waals surface area (Å²) in [6, 6.07) is 13.7. The van der Waals surface area contributed by atoms with E-state index in [-0.39, 0.29) is 0 Å². The van der Waals surface area contributed by atoms with E-state index in [0.717, 1.165) is 57.9 Å². The second-order valence-electron chi connectivity index (χ2n) is 5.67. The summed E-state index contributed by atoms with van der Waals surface area (Å²) in [4.78, 5) is 4.38. The molecule has 4 rings (SSSR count). The number of ether oxygens (including phenoxy) is 1. The highest BCUT2D eigenvalue weighted by molar-refractivity contribution is 5.97. The monoisotopic (exact) mass is 303 g/mol. The molecule has 0 radical (unpaired) electrons. The molecule has 0 fully saturated rings. The molecule has 0 bridgehead atoms. The first-order chi connectivity index (χ1) is 11.2. The lowest BCUT2D eigenvalue weighted by atomic mass is 10.0. The molecule has 3 aromatic rings. The molecule has 0 aliphatic carbocycles. The van der Waals surface area contributed by atoms with Crippen molar-refractivity contribution in [2.24, 2.45) is 0 Å². The molecule has 1 aromatic heterocycles. The number of hydrogen-bond donors (Lipinski definition) is 2. The summed E-state index contributed by atoms with van der Waals surface area (Å²) < 4.78 is 6.22. The number of pyridine rings is 1. The van der Waals surface area contributed by atoms with Gasteiger partial charge in [-0.3, -0.25) is 0 Å². The lowest BCUT2D eigenvalue weighted by molar-refractivity contribution is 0.480. The van der Waals surface area contributed by atoms with Crippen LogP contribution in [-0.4, -0.2) is 4.98 Å². The van der Waals surface area contributed by atoms with Gasteiger partial charge in [0.05, 0.1) is 0 Å². The van der Waals surface area contributed by atoms with E-state index in [2.05, 4.69) is 16.9 Å². The number of nitrogens with one attached hydrogen (secondary N) is 1. The molecular weight excluding hydrogens is 286 g/mol. The third kappa shape index (κ3) is 2.38. The zero-order chi connectivity index (χ0) is 15.8. The van der Waals surface area contributed by atoms with Crippen molar-refractivity contribution in [3.05, 3.63) is 66.5 Å². The molecule has 0 saturated heterocycles. The zero-order valence-corrected chi connectivity index (χ0v) is 12.7. The van der Waals surface area contributed by atoms with Crippen molar-refractivity contribution < 1.29 is 4.74 Å². The molecule has 0 unspecified atom stereocenters. The Morgan fingerprint density at radius 2 is 1.83 bits per heavy atom. The predicted molar refractivity (Wildman–Crippen MR) is 93.8 cm³/mol. The summed E-state index contributed by atoms with van der Waals surface area (Å²) in [5.74, 6) is 2.45. The highest BCUT2D eigenvalue weighted by Crippen LogP contribution is 2.37. The highest BCUT2D eigenvalue weighted by Gasteiger charge is 2.18. The van der Waals surface area contributed by atoms with Crippen LogP contribution < -0.4 is 15.8 Å². The van der Waals surface area contributed by atoms with Crippen LogP contribution in [0.3, 0.4) is 0 Å². The molecule has 2 heterocycles. The van der Waals surface area contributed by atoms with Crippen molar-refractivity contribution in [2.75, 3.05) is 11.1 Å². The molecule has 4 heteroatoms. The van der Waals surface area contributed by atoms with Crippen molar-refractivity contribution in [2.45, 2.75) is 12.8 Å². The van der Waals surface area contributed by atoms with Gasteiger partial charge >= 0.3 is 0 Å². The molecule has 3 N–H and O–H groups in total. The van der Waals surface area contributed by atoms with Crippen LogP contribution in [0.25, 0.3) is 10.8 Å². The maximum absolute atomic E-state index is 6.22. The molecule has 2 aromatic carbocycles. The minimum absolute atomic E-state index is 0.752. The quantitative estimate of drug-likeness (QED) is 0.685. The predicted octanol–water partition coefficient (Wildman–Crippen LogP) is 4.48. The van der Waals surface area contributed by atoms with Gasteiger partial charge in [-0.25, -0.2) is 4.98 Å². The van der Waals surface area contributed by atoms with Gasteiger partial charge in [0.15, 0.2) is 0 Å². The van der Waals surface area contributed by atoms with Gasteiger partial charge in [0.25, 0.3) is 0 Å². The Balaban J connectivity index is 1.79. The van der Waals surface area contributed by atoms with Gasteiger partial charge in [-0.15, -0.1) is 0 Å². The van der Waals surface area contributed by atoms with Crippen LogP contribution >= 0.6 is 0 Å². The average molecular weight is 303 g/mol. The third-order valence-electron chi connectivity index (χ3n) is 4.12. The van der Waals surface area contributed by atoms with Gasteiger partial charge in [-0.05, 0) is 31.0 Å². The second kappa shape index (κ2) is 5.32. The van der Waals surface area contributed by atoms with Crippen molar-refractivity contribution in [3.63, 3.8) is 0 Å². The van der Waals surface area contributed by atoms with Gasteiger partial charge in [0, 0.05) is 33.9 Å². The van der Waals surface area contributed by atoms with Crippen molar-refractivity contribution >= 4 is 22.3 Å². The van der Waals surface area contributed by atoms with Crippen LogP contribution in [0.1, 0.15) is 12.0 Å². The third-order valence-corrected chi connectivity index (χ3v) is 4.12. The Bertz CT molecular complexity index is 918. The van der Waals surface area contributed by atoms with Crippen molar-refractivity contribution in [1.29, 1.82) is 0 Å². The Labute approximate surface area is 134 Å². The normalized spacial score (nSPS) is 13.5. The molecule has 0 atom stereocenters. The maximum Gasteiger partial charge on any atom is 0.137 e. The average Bonchev–Trinajstić information content (AvgIpc) is 2.57. The molecule has 114 valence electrons. The number of rotatable bonds is 2. The van der Waals surface area contributed by atoms with Gasteiger partial charge in [-0.2, -0.15) is 0 Å². The summed E-state index contributed by atoms with van der Waals surface area (Å²) in [7, 11) is 0. The zero-order valence-electron chi connectivity index (χ0n) is 12.7. The van der Waals surface area contributed by atoms with Crippen LogP contribution in [0.2, 0.25) is 0 Å². The Hall–Kier alpha value is -3.01. The van der Waals surface area contributed by atoms with Crippen LogP contribution in [0.5, 0.6) is 11.5 Å². The number of benzene rings is 2. The topological polar surface area (TPSA) is 60.2 Å². The van der Waals surface area contributed by atoms with Crippen molar-refractivity contribution in [1.82, 2.24) is 4.98 Å². The number of anilines is 2. The van der Waals surface area contributed by atoms with Gasteiger partial charge in [0.2, 0.25) is 0 Å². The first-order valence-corrected chi connectivity index (χ1v) is 7.60. The number of fused-ring (bicyclic) bond motifs is 2. The molecule has 0 spiro atoms. The summed E-state index contributed by atoms with van der Waals surface area (Å²) in [6.07, 6.45) is 3.51. The van der Waals surface area contributed by atoms with E-state index in [4.69, 9.17) is 10.5 Å². The summed E-state index contributed by atoms with van der Waals surface area (Å²) in [6.45, 7) is 3.97. The molecule has 1 aliphatic heterocycles. The largest absolute Gasteiger partial charge is 0.456 e. The molecule has 0 saturated carbocycles. The van der Waals surface area contributed by atoms with E-state index in [1.165, 1.54) is 0 Å². The number of nitrogen functional groups attached to an aromatic ring is 1. The lowest BCUT2D eigenvalue weighted by Gasteiger charge is -2.21. The van der Waals surface area contributed by atoms with E-state index >= 15 is 0 Å². The smallest absolute Gasteiger partial charge is 0.137 e. The van der Waals surface area contributed by atoms with Gasteiger partial charge in [0.1, 0.15) is 17.3 Å². The highest BCUT2D eigenvalue weighted by atomic mass is 16.5. The molecular formula is C19H17N3O. The molecule has 0 amide bonds. The fourth-order valence-corrected chi connectivity index (χ4v) is 2.93. The van der Waals surface area contributed by atoms with Gasteiger partial charge < -0.3 is 15.8 Å². The fourth-order valence-electron chi connectivity index (χ4n) is 2.93. The van der Waals surface area contributed by atoms with E-state index in [9.17, 15) is 0 Å². The maximum atomic E-state index is 6.22. The van der Waals surface area contributed by atoms with E-state index in [1.807, 2.05) is 42.5 Å². The Kier molecular flexibility index (Phi) is 3.15. The first-order valence-electron chi connectivity index (χ1n) is 7.60. The number of nitrogens with two attached hydrogens (primary N) is 1. The first kappa shape index (κ1) is 13.6. The van der Waals surface area contributed by atoms with Crippen LogP contribution in [0, 0.1) is 0 Å². The standard InChI is InChI=1S/C19H17N3O/c1-12-6-7-15-18(10-11-21-19(15)22-12)23-17-9-8-16(20)13-4-2-3-5-14(13)17/h2-5,8-11H,1,6-7,20H2,(H,21,22). The van der Waals surface area contributed by atoms with Crippen molar-refractivity contribution in [3.8, 4) is 11.5 Å².